The summed E-state index contributed by atoms with van der Waals surface area (Å²) in [6.45, 7) is 13.8. The third-order valence-electron chi connectivity index (χ3n) is 13.6. The Morgan fingerprint density at radius 1 is 0.429 bits per heavy atom. The highest BCUT2D eigenvalue weighted by atomic mass is 16.5. The summed E-state index contributed by atoms with van der Waals surface area (Å²) >= 11 is 0. The van der Waals surface area contributed by atoms with Crippen molar-refractivity contribution in [3.05, 3.63) is 120 Å². The summed E-state index contributed by atoms with van der Waals surface area (Å²) in [4.78, 5) is 0. The van der Waals surface area contributed by atoms with Crippen LogP contribution in [0.4, 0.5) is 0 Å². The smallest absolute Gasteiger partial charge is 0.135 e. The van der Waals surface area contributed by atoms with Crippen LogP contribution in [0.25, 0.3) is 65.7 Å². The number of hydrogen-bond acceptors (Lipinski definition) is 7. The van der Waals surface area contributed by atoms with Crippen molar-refractivity contribution >= 4 is 43.5 Å². The molecule has 6 aromatic carbocycles. The van der Waals surface area contributed by atoms with E-state index in [1.54, 1.807) is 0 Å². The normalized spacial score (nSPS) is 15.7. The number of hydrogen-bond donors (Lipinski definition) is 0. The Balaban J connectivity index is 0.847. The van der Waals surface area contributed by atoms with Crippen molar-refractivity contribution in [3.8, 4) is 22.3 Å². The minimum absolute atomic E-state index is 0.257. The van der Waals surface area contributed by atoms with Crippen LogP contribution in [0.3, 0.4) is 0 Å². The fraction of sp³-hybridized carbons (Fsp3) is 0.429. The van der Waals surface area contributed by atoms with Crippen molar-refractivity contribution in [2.45, 2.75) is 78.4 Å². The van der Waals surface area contributed by atoms with Crippen molar-refractivity contribution in [2.75, 3.05) is 66.1 Å². The summed E-state index contributed by atoms with van der Waals surface area (Å²) in [7, 11) is 0. The summed E-state index contributed by atoms with van der Waals surface area (Å²) in [5.41, 5.74) is 9.52. The highest BCUT2D eigenvalue weighted by Crippen LogP contribution is 2.45. The first-order valence-corrected chi connectivity index (χ1v) is 23.5. The van der Waals surface area contributed by atoms with Crippen LogP contribution in [0.15, 0.2) is 114 Å². The van der Waals surface area contributed by atoms with Crippen molar-refractivity contribution in [1.29, 1.82) is 0 Å². The fourth-order valence-corrected chi connectivity index (χ4v) is 9.28. The first-order chi connectivity index (χ1) is 31.1. The Hall–Kier alpha value is -4.60. The van der Waals surface area contributed by atoms with E-state index in [0.717, 1.165) is 145 Å². The number of benzene rings is 6. The quantitative estimate of drug-likeness (QED) is 0.0443. The van der Waals surface area contributed by atoms with E-state index < -0.39 is 0 Å². The molecule has 0 spiro atoms. The second kappa shape index (κ2) is 20.5. The highest BCUT2D eigenvalue weighted by Gasteiger charge is 2.37. The molecule has 0 saturated carbocycles. The second-order valence-corrected chi connectivity index (χ2v) is 18.2. The average molecular weight is 849 g/mol. The van der Waals surface area contributed by atoms with Gasteiger partial charge < -0.3 is 32.8 Å². The largest absolute Gasteiger partial charge is 0.456 e. The molecular formula is C56H64O7. The van der Waals surface area contributed by atoms with Crippen LogP contribution in [0.2, 0.25) is 0 Å². The molecule has 7 nitrogen and oxygen atoms in total. The summed E-state index contributed by atoms with van der Waals surface area (Å²) in [6, 6.07) is 39.8. The molecule has 3 heterocycles. The van der Waals surface area contributed by atoms with Crippen LogP contribution in [0.5, 0.6) is 0 Å². The van der Waals surface area contributed by atoms with E-state index in [-0.39, 0.29) is 10.8 Å². The van der Waals surface area contributed by atoms with Gasteiger partial charge in [0.25, 0.3) is 0 Å². The third kappa shape index (κ3) is 9.90. The van der Waals surface area contributed by atoms with Gasteiger partial charge in [-0.2, -0.15) is 0 Å². The van der Waals surface area contributed by atoms with Gasteiger partial charge in [-0.1, -0.05) is 98.8 Å². The van der Waals surface area contributed by atoms with Crippen LogP contribution < -0.4 is 0 Å². The van der Waals surface area contributed by atoms with E-state index in [2.05, 4.69) is 123 Å². The lowest BCUT2D eigenvalue weighted by Crippen LogP contribution is -2.45. The molecule has 2 aliphatic rings. The molecule has 330 valence electrons. The molecular weight excluding hydrogens is 785 g/mol. The van der Waals surface area contributed by atoms with E-state index in [1.165, 1.54) is 49.4 Å². The maximum Gasteiger partial charge on any atom is 0.135 e. The van der Waals surface area contributed by atoms with E-state index in [1.807, 2.05) is 0 Å². The summed E-state index contributed by atoms with van der Waals surface area (Å²) < 4.78 is 41.4. The lowest BCUT2D eigenvalue weighted by molar-refractivity contribution is -0.150. The Labute approximate surface area is 372 Å². The van der Waals surface area contributed by atoms with Gasteiger partial charge in [-0.15, -0.1) is 0 Å². The fourth-order valence-electron chi connectivity index (χ4n) is 9.28. The SMILES string of the molecule is CCC1(COCCCCCOCc2ccc(-c3c4ccccc4c(-c4ccc5oc6ccc(COCCCCCOCC7(CC)COC7)cc6c5c4)c4ccccc34)cc2)COC1. The number of ether oxygens (including phenoxy) is 6. The van der Waals surface area contributed by atoms with Gasteiger partial charge in [0.05, 0.1) is 52.9 Å². The molecule has 0 unspecified atom stereocenters. The van der Waals surface area contributed by atoms with Crippen molar-refractivity contribution in [3.63, 3.8) is 0 Å². The molecule has 7 aromatic rings. The Kier molecular flexibility index (Phi) is 14.2. The van der Waals surface area contributed by atoms with E-state index in [9.17, 15) is 0 Å². The van der Waals surface area contributed by atoms with Crippen molar-refractivity contribution in [1.82, 2.24) is 0 Å². The highest BCUT2D eigenvalue weighted by molar-refractivity contribution is 6.22. The minimum atomic E-state index is 0.257. The Morgan fingerprint density at radius 2 is 0.857 bits per heavy atom. The van der Waals surface area contributed by atoms with Gasteiger partial charge in [-0.3, -0.25) is 0 Å². The molecule has 7 heteroatoms. The molecule has 63 heavy (non-hydrogen) atoms. The molecule has 0 N–H and O–H groups in total. The lowest BCUT2D eigenvalue weighted by Gasteiger charge is -2.40. The Bertz CT molecular complexity index is 2510. The topological polar surface area (TPSA) is 68.5 Å². The van der Waals surface area contributed by atoms with E-state index >= 15 is 0 Å². The van der Waals surface area contributed by atoms with Gasteiger partial charge >= 0.3 is 0 Å². The first kappa shape index (κ1) is 43.6. The molecule has 0 atom stereocenters. The predicted molar refractivity (Wildman–Crippen MR) is 255 cm³/mol. The summed E-state index contributed by atoms with van der Waals surface area (Å²) in [5, 5.41) is 7.18. The first-order valence-electron chi connectivity index (χ1n) is 23.5. The maximum atomic E-state index is 6.38. The zero-order valence-corrected chi connectivity index (χ0v) is 37.4. The summed E-state index contributed by atoms with van der Waals surface area (Å²) in [5.74, 6) is 0. The van der Waals surface area contributed by atoms with Crippen LogP contribution >= 0.6 is 0 Å². The molecule has 0 aliphatic carbocycles. The predicted octanol–water partition coefficient (Wildman–Crippen LogP) is 13.5. The van der Waals surface area contributed by atoms with Crippen LogP contribution in [0.1, 0.15) is 76.3 Å². The van der Waals surface area contributed by atoms with Crippen LogP contribution in [-0.2, 0) is 41.6 Å². The second-order valence-electron chi connectivity index (χ2n) is 18.2. The maximum absolute atomic E-state index is 6.38. The Morgan fingerprint density at radius 3 is 1.35 bits per heavy atom. The van der Waals surface area contributed by atoms with Gasteiger partial charge in [0, 0.05) is 48.0 Å². The zero-order chi connectivity index (χ0) is 42.9. The number of fused-ring (bicyclic) bond motifs is 5. The third-order valence-corrected chi connectivity index (χ3v) is 13.6. The van der Waals surface area contributed by atoms with Crippen molar-refractivity contribution < 1.29 is 32.8 Å². The average Bonchev–Trinajstić information content (AvgIpc) is 3.66. The van der Waals surface area contributed by atoms with E-state index in [4.69, 9.17) is 32.8 Å². The standard InChI is InChI=1S/C56H64O7/c1-3-55(37-61-38-55)35-59-29-13-5-11-27-57-33-41-19-22-43(23-20-41)53-45-15-7-9-17-47(45)54(48-18-10-8-16-46(48)53)44-24-26-52-50(32-44)49-31-42(21-25-51(49)63-52)34-58-28-12-6-14-30-60-36-56(4-2)39-62-40-56/h7-10,15-26,31-32H,3-6,11-14,27-30,33-40H2,1-2H3. The zero-order valence-electron chi connectivity index (χ0n) is 37.4. The van der Waals surface area contributed by atoms with Crippen LogP contribution in [0, 0.1) is 10.8 Å². The molecule has 1 aromatic heterocycles. The van der Waals surface area contributed by atoms with Gasteiger partial charge in [0.1, 0.15) is 11.2 Å². The molecule has 0 radical (unpaired) electrons. The molecule has 2 aliphatic heterocycles. The van der Waals surface area contributed by atoms with E-state index in [0.29, 0.717) is 13.2 Å². The van der Waals surface area contributed by atoms with Gasteiger partial charge in [-0.05, 0) is 131 Å². The van der Waals surface area contributed by atoms with Crippen molar-refractivity contribution in [2.24, 2.45) is 10.8 Å². The number of rotatable bonds is 24. The van der Waals surface area contributed by atoms with Gasteiger partial charge in [-0.25, -0.2) is 0 Å². The molecule has 0 amide bonds. The molecule has 0 bridgehead atoms. The molecule has 9 rings (SSSR count). The molecule has 2 fully saturated rings. The van der Waals surface area contributed by atoms with Gasteiger partial charge in [0.15, 0.2) is 0 Å². The summed E-state index contributed by atoms with van der Waals surface area (Å²) in [6.07, 6.45) is 8.66. The monoisotopic (exact) mass is 848 g/mol. The molecule has 2 saturated heterocycles. The van der Waals surface area contributed by atoms with Crippen LogP contribution in [-0.4, -0.2) is 66.1 Å². The van der Waals surface area contributed by atoms with Gasteiger partial charge in [0.2, 0.25) is 0 Å². The lowest BCUT2D eigenvalue weighted by atomic mass is 9.84. The minimum Gasteiger partial charge on any atom is -0.456 e. The number of furan rings is 1. The number of unbranched alkanes of at least 4 members (excludes halogenated alkanes) is 4.